The third-order valence-corrected chi connectivity index (χ3v) is 3.08. The fraction of sp³-hybridized carbons (Fsp3) is 0.385. The van der Waals surface area contributed by atoms with Gasteiger partial charge in [0, 0.05) is 12.7 Å². The molecular weight excluding hydrogens is 230 g/mol. The highest BCUT2D eigenvalue weighted by Gasteiger charge is 2.37. The molecule has 1 aliphatic rings. The summed E-state index contributed by atoms with van der Waals surface area (Å²) < 4.78 is 0. The van der Waals surface area contributed by atoms with E-state index in [4.69, 9.17) is 10.8 Å². The molecule has 1 amide bonds. The largest absolute Gasteiger partial charge is 0.395 e. The highest BCUT2D eigenvalue weighted by molar-refractivity contribution is 5.95. The van der Waals surface area contributed by atoms with Gasteiger partial charge in [-0.3, -0.25) is 4.79 Å². The smallest absolute Gasteiger partial charge is 0.256 e. The standard InChI is InChI=1S/C13H17N3O2/c1-2-9-7-11(9)16(5-6-17)13(18)10-3-4-12(14)15-8-10/h2-4,8,11,17H,5-7H2,1H3,(H2,14,15)/b9-2-/t11-/m1/s1. The zero-order chi connectivity index (χ0) is 13.1. The van der Waals surface area contributed by atoms with Gasteiger partial charge in [0.2, 0.25) is 0 Å². The molecule has 5 nitrogen and oxygen atoms in total. The molecule has 1 aromatic heterocycles. The van der Waals surface area contributed by atoms with Crippen LogP contribution in [0, 0.1) is 0 Å². The van der Waals surface area contributed by atoms with E-state index in [1.807, 2.05) is 13.0 Å². The number of nitrogens with zero attached hydrogens (tertiary/aromatic N) is 2. The van der Waals surface area contributed by atoms with Crippen molar-refractivity contribution in [2.24, 2.45) is 0 Å². The Bertz CT molecular complexity index is 468. The van der Waals surface area contributed by atoms with E-state index in [9.17, 15) is 4.79 Å². The number of aliphatic hydroxyl groups is 1. The molecule has 1 aliphatic carbocycles. The van der Waals surface area contributed by atoms with Crippen molar-refractivity contribution in [3.63, 3.8) is 0 Å². The molecule has 0 radical (unpaired) electrons. The van der Waals surface area contributed by atoms with Crippen LogP contribution >= 0.6 is 0 Å². The number of pyridine rings is 1. The minimum atomic E-state index is -0.113. The first-order chi connectivity index (χ1) is 8.67. The minimum Gasteiger partial charge on any atom is -0.395 e. The van der Waals surface area contributed by atoms with Crippen molar-refractivity contribution >= 4 is 11.7 Å². The highest BCUT2D eigenvalue weighted by Crippen LogP contribution is 2.35. The SMILES string of the molecule is C/C=C1/C[C@H]1N(CCO)C(=O)c1ccc(N)nc1. The van der Waals surface area contributed by atoms with Crippen molar-refractivity contribution in [1.29, 1.82) is 0 Å². The van der Waals surface area contributed by atoms with Crippen LogP contribution in [0.1, 0.15) is 23.7 Å². The lowest BCUT2D eigenvalue weighted by Crippen LogP contribution is -2.35. The average Bonchev–Trinajstić information content (AvgIpc) is 3.15. The lowest BCUT2D eigenvalue weighted by atomic mass is 10.2. The first-order valence-electron chi connectivity index (χ1n) is 5.95. The molecule has 18 heavy (non-hydrogen) atoms. The monoisotopic (exact) mass is 247 g/mol. The first kappa shape index (κ1) is 12.6. The van der Waals surface area contributed by atoms with E-state index in [2.05, 4.69) is 4.98 Å². The van der Waals surface area contributed by atoms with E-state index in [1.54, 1.807) is 17.0 Å². The second-order valence-electron chi connectivity index (χ2n) is 4.28. The number of allylic oxidation sites excluding steroid dienone is 1. The molecule has 0 unspecified atom stereocenters. The third kappa shape index (κ3) is 2.51. The summed E-state index contributed by atoms with van der Waals surface area (Å²) in [6.07, 6.45) is 4.38. The van der Waals surface area contributed by atoms with Crippen molar-refractivity contribution in [2.45, 2.75) is 19.4 Å². The molecule has 0 bridgehead atoms. The maximum atomic E-state index is 12.3. The topological polar surface area (TPSA) is 79.5 Å². The van der Waals surface area contributed by atoms with E-state index < -0.39 is 0 Å². The molecule has 1 atom stereocenters. The predicted molar refractivity (Wildman–Crippen MR) is 68.9 cm³/mol. The van der Waals surface area contributed by atoms with Crippen LogP contribution in [-0.2, 0) is 0 Å². The Kier molecular flexibility index (Phi) is 3.62. The Morgan fingerprint density at radius 2 is 2.44 bits per heavy atom. The summed E-state index contributed by atoms with van der Waals surface area (Å²) >= 11 is 0. The van der Waals surface area contributed by atoms with Crippen LogP contribution in [0.15, 0.2) is 30.0 Å². The van der Waals surface area contributed by atoms with Gasteiger partial charge in [-0.2, -0.15) is 0 Å². The van der Waals surface area contributed by atoms with E-state index in [1.165, 1.54) is 11.8 Å². The number of hydrogen-bond donors (Lipinski definition) is 2. The van der Waals surface area contributed by atoms with Gasteiger partial charge in [0.1, 0.15) is 5.82 Å². The summed E-state index contributed by atoms with van der Waals surface area (Å²) in [4.78, 5) is 17.9. The van der Waals surface area contributed by atoms with Crippen molar-refractivity contribution in [1.82, 2.24) is 9.88 Å². The van der Waals surface area contributed by atoms with Crippen LogP contribution in [-0.4, -0.2) is 40.1 Å². The normalized spacial score (nSPS) is 19.9. The number of rotatable bonds is 4. The molecule has 0 aliphatic heterocycles. The quantitative estimate of drug-likeness (QED) is 0.772. The number of carbonyl (C=O) groups is 1. The summed E-state index contributed by atoms with van der Waals surface area (Å²) in [6, 6.07) is 3.40. The van der Waals surface area contributed by atoms with Gasteiger partial charge in [0.05, 0.1) is 18.2 Å². The molecule has 0 aromatic carbocycles. The first-order valence-corrected chi connectivity index (χ1v) is 5.95. The number of aromatic nitrogens is 1. The van der Waals surface area contributed by atoms with Crippen molar-refractivity contribution in [3.8, 4) is 0 Å². The van der Waals surface area contributed by atoms with Gasteiger partial charge in [0.25, 0.3) is 5.91 Å². The van der Waals surface area contributed by atoms with Gasteiger partial charge in [-0.15, -0.1) is 0 Å². The van der Waals surface area contributed by atoms with E-state index >= 15 is 0 Å². The summed E-state index contributed by atoms with van der Waals surface area (Å²) in [7, 11) is 0. The molecule has 3 N–H and O–H groups in total. The van der Waals surface area contributed by atoms with Gasteiger partial charge in [-0.05, 0) is 31.1 Å². The van der Waals surface area contributed by atoms with Crippen LogP contribution in [0.2, 0.25) is 0 Å². The fourth-order valence-corrected chi connectivity index (χ4v) is 1.99. The summed E-state index contributed by atoms with van der Waals surface area (Å²) in [5.41, 5.74) is 7.23. The molecule has 1 heterocycles. The van der Waals surface area contributed by atoms with E-state index in [0.29, 0.717) is 17.9 Å². The van der Waals surface area contributed by atoms with Crippen LogP contribution < -0.4 is 5.73 Å². The molecule has 1 fully saturated rings. The molecule has 1 aromatic rings. The van der Waals surface area contributed by atoms with Crippen molar-refractivity contribution in [3.05, 3.63) is 35.5 Å². The number of carbonyl (C=O) groups excluding carboxylic acids is 1. The summed E-state index contributed by atoms with van der Waals surface area (Å²) in [6.45, 7) is 2.26. The maximum Gasteiger partial charge on any atom is 0.256 e. The number of anilines is 1. The van der Waals surface area contributed by atoms with E-state index in [-0.39, 0.29) is 18.6 Å². The van der Waals surface area contributed by atoms with Crippen LogP contribution in [0.4, 0.5) is 5.82 Å². The number of nitrogen functional groups attached to an aromatic ring is 1. The summed E-state index contributed by atoms with van der Waals surface area (Å²) in [5.74, 6) is 0.277. The van der Waals surface area contributed by atoms with Crippen LogP contribution in [0.25, 0.3) is 0 Å². The van der Waals surface area contributed by atoms with Crippen LogP contribution in [0.3, 0.4) is 0 Å². The Hall–Kier alpha value is -1.88. The van der Waals surface area contributed by atoms with Gasteiger partial charge < -0.3 is 15.7 Å². The van der Waals surface area contributed by atoms with Crippen molar-refractivity contribution < 1.29 is 9.90 Å². The number of nitrogens with two attached hydrogens (primary N) is 1. The maximum absolute atomic E-state index is 12.3. The van der Waals surface area contributed by atoms with Crippen LogP contribution in [0.5, 0.6) is 0 Å². The zero-order valence-electron chi connectivity index (χ0n) is 10.3. The third-order valence-electron chi connectivity index (χ3n) is 3.08. The lowest BCUT2D eigenvalue weighted by molar-refractivity contribution is 0.0714. The Morgan fingerprint density at radius 3 is 2.94 bits per heavy atom. The molecule has 5 heteroatoms. The number of aliphatic hydroxyl groups excluding tert-OH is 1. The molecule has 2 rings (SSSR count). The second kappa shape index (κ2) is 5.18. The van der Waals surface area contributed by atoms with Gasteiger partial charge in [-0.25, -0.2) is 4.98 Å². The molecule has 96 valence electrons. The molecule has 1 saturated carbocycles. The Balaban J connectivity index is 2.16. The minimum absolute atomic E-state index is 0.0400. The van der Waals surface area contributed by atoms with Crippen molar-refractivity contribution in [2.75, 3.05) is 18.9 Å². The zero-order valence-corrected chi connectivity index (χ0v) is 10.3. The Morgan fingerprint density at radius 1 is 1.67 bits per heavy atom. The highest BCUT2D eigenvalue weighted by atomic mass is 16.3. The van der Waals surface area contributed by atoms with E-state index in [0.717, 1.165) is 6.42 Å². The Labute approximate surface area is 106 Å². The molecule has 0 spiro atoms. The predicted octanol–water partition coefficient (Wildman–Crippen LogP) is 0.817. The second-order valence-corrected chi connectivity index (χ2v) is 4.28. The summed E-state index contributed by atoms with van der Waals surface area (Å²) in [5, 5.41) is 9.06. The lowest BCUT2D eigenvalue weighted by Gasteiger charge is -2.21. The number of amides is 1. The van der Waals surface area contributed by atoms with Gasteiger partial charge in [-0.1, -0.05) is 6.08 Å². The fourth-order valence-electron chi connectivity index (χ4n) is 1.99. The molecular formula is C13H17N3O2. The molecule has 0 saturated heterocycles. The van der Waals surface area contributed by atoms with Gasteiger partial charge >= 0.3 is 0 Å². The average molecular weight is 247 g/mol. The number of hydrogen-bond acceptors (Lipinski definition) is 4. The van der Waals surface area contributed by atoms with Gasteiger partial charge in [0.15, 0.2) is 0 Å².